The molecule has 2 aromatic rings. The van der Waals surface area contributed by atoms with E-state index in [2.05, 4.69) is 28.0 Å². The summed E-state index contributed by atoms with van der Waals surface area (Å²) in [6.07, 6.45) is 4.82. The summed E-state index contributed by atoms with van der Waals surface area (Å²) in [6, 6.07) is 2.89. The molecule has 2 aromatic heterocycles. The second-order valence-corrected chi connectivity index (χ2v) is 6.61. The quantitative estimate of drug-likeness (QED) is 0.800. The number of likely N-dealkylation sites (tertiary alicyclic amines) is 1. The lowest BCUT2D eigenvalue weighted by Gasteiger charge is -2.30. The van der Waals surface area contributed by atoms with Gasteiger partial charge in [-0.05, 0) is 26.3 Å². The molecule has 0 aliphatic carbocycles. The summed E-state index contributed by atoms with van der Waals surface area (Å²) in [5, 5.41) is 4.48. The lowest BCUT2D eigenvalue weighted by atomic mass is 10.0. The van der Waals surface area contributed by atoms with E-state index in [0.717, 1.165) is 36.5 Å². The molecule has 2 saturated heterocycles. The summed E-state index contributed by atoms with van der Waals surface area (Å²) >= 11 is 0. The van der Waals surface area contributed by atoms with Crippen LogP contribution in [0.15, 0.2) is 18.5 Å². The molecule has 0 bridgehead atoms. The summed E-state index contributed by atoms with van der Waals surface area (Å²) in [5.74, 6) is 1.71. The van der Waals surface area contributed by atoms with Gasteiger partial charge >= 0.3 is 0 Å². The van der Waals surface area contributed by atoms with E-state index in [-0.39, 0.29) is 5.91 Å². The molecule has 0 aromatic carbocycles. The molecule has 0 saturated carbocycles. The number of hydrogen-bond donors (Lipinski definition) is 0. The van der Waals surface area contributed by atoms with Gasteiger partial charge in [0.25, 0.3) is 0 Å². The number of aryl methyl sites for hydroxylation is 1. The van der Waals surface area contributed by atoms with Gasteiger partial charge in [-0.2, -0.15) is 5.10 Å². The molecule has 116 valence electrons. The standard InChI is InChI=1S/C16H21N5O/c1-10-6-14-16(17-4-5-20(14)18-10)21-11(2)7-13-8-19(12(3)22)9-15(13)21/h4-6,11,13,15H,7-9H2,1-3H3. The summed E-state index contributed by atoms with van der Waals surface area (Å²) in [4.78, 5) is 20.7. The highest BCUT2D eigenvalue weighted by Crippen LogP contribution is 2.39. The Balaban J connectivity index is 1.75. The van der Waals surface area contributed by atoms with Crippen molar-refractivity contribution in [2.24, 2.45) is 5.92 Å². The fourth-order valence-electron chi connectivity index (χ4n) is 4.13. The minimum absolute atomic E-state index is 0.174. The molecule has 6 nitrogen and oxygen atoms in total. The number of aromatic nitrogens is 3. The van der Waals surface area contributed by atoms with Gasteiger partial charge in [-0.25, -0.2) is 9.50 Å². The van der Waals surface area contributed by atoms with Crippen LogP contribution in [0.3, 0.4) is 0 Å². The van der Waals surface area contributed by atoms with Crippen LogP contribution in [-0.2, 0) is 4.79 Å². The average molecular weight is 299 g/mol. The molecule has 2 fully saturated rings. The molecule has 4 heterocycles. The largest absolute Gasteiger partial charge is 0.347 e. The number of amides is 1. The van der Waals surface area contributed by atoms with Crippen molar-refractivity contribution < 1.29 is 4.79 Å². The highest BCUT2D eigenvalue weighted by Gasteiger charge is 2.46. The van der Waals surface area contributed by atoms with E-state index in [9.17, 15) is 4.79 Å². The van der Waals surface area contributed by atoms with Crippen LogP contribution in [0.5, 0.6) is 0 Å². The van der Waals surface area contributed by atoms with Crippen LogP contribution in [0.1, 0.15) is 26.0 Å². The second kappa shape index (κ2) is 4.69. The van der Waals surface area contributed by atoms with Gasteiger partial charge in [-0.1, -0.05) is 0 Å². The van der Waals surface area contributed by atoms with Crippen molar-refractivity contribution in [3.63, 3.8) is 0 Å². The summed E-state index contributed by atoms with van der Waals surface area (Å²) in [5.41, 5.74) is 2.04. The van der Waals surface area contributed by atoms with Crippen molar-refractivity contribution >= 4 is 17.2 Å². The minimum atomic E-state index is 0.174. The van der Waals surface area contributed by atoms with E-state index in [1.807, 2.05) is 28.7 Å². The molecule has 3 unspecified atom stereocenters. The maximum absolute atomic E-state index is 11.7. The van der Waals surface area contributed by atoms with Crippen molar-refractivity contribution in [1.29, 1.82) is 0 Å². The third-order valence-electron chi connectivity index (χ3n) is 5.06. The average Bonchev–Trinajstić information content (AvgIpc) is 3.09. The Morgan fingerprint density at radius 2 is 2.18 bits per heavy atom. The molecule has 0 spiro atoms. The molecule has 2 aliphatic rings. The lowest BCUT2D eigenvalue weighted by molar-refractivity contribution is -0.128. The molecule has 3 atom stereocenters. The van der Waals surface area contributed by atoms with E-state index in [1.165, 1.54) is 0 Å². The van der Waals surface area contributed by atoms with E-state index in [1.54, 1.807) is 6.92 Å². The van der Waals surface area contributed by atoms with Gasteiger partial charge in [-0.3, -0.25) is 4.79 Å². The zero-order valence-corrected chi connectivity index (χ0v) is 13.2. The molecule has 0 radical (unpaired) electrons. The van der Waals surface area contributed by atoms with Crippen LogP contribution in [0.4, 0.5) is 5.82 Å². The minimum Gasteiger partial charge on any atom is -0.347 e. The molecule has 0 N–H and O–H groups in total. The number of carbonyl (C=O) groups excluding carboxylic acids is 1. The summed E-state index contributed by atoms with van der Waals surface area (Å²) in [7, 11) is 0. The van der Waals surface area contributed by atoms with Gasteiger partial charge in [0.05, 0.1) is 11.7 Å². The summed E-state index contributed by atoms with van der Waals surface area (Å²) < 4.78 is 1.90. The topological polar surface area (TPSA) is 53.7 Å². The Hall–Kier alpha value is -2.11. The van der Waals surface area contributed by atoms with Crippen LogP contribution in [0, 0.1) is 12.8 Å². The number of rotatable bonds is 1. The first kappa shape index (κ1) is 13.5. The van der Waals surface area contributed by atoms with Gasteiger partial charge in [0.15, 0.2) is 5.82 Å². The Morgan fingerprint density at radius 3 is 2.95 bits per heavy atom. The molecule has 4 rings (SSSR count). The van der Waals surface area contributed by atoms with E-state index in [0.29, 0.717) is 18.0 Å². The van der Waals surface area contributed by atoms with Crippen LogP contribution in [-0.4, -0.2) is 50.6 Å². The van der Waals surface area contributed by atoms with E-state index >= 15 is 0 Å². The van der Waals surface area contributed by atoms with Crippen LogP contribution >= 0.6 is 0 Å². The Kier molecular flexibility index (Phi) is 2.89. The number of hydrogen-bond acceptors (Lipinski definition) is 4. The van der Waals surface area contributed by atoms with E-state index in [4.69, 9.17) is 0 Å². The second-order valence-electron chi connectivity index (χ2n) is 6.61. The Labute approximate surface area is 129 Å². The van der Waals surface area contributed by atoms with Gasteiger partial charge in [0, 0.05) is 44.4 Å². The molecule has 2 aliphatic heterocycles. The van der Waals surface area contributed by atoms with Crippen LogP contribution < -0.4 is 4.90 Å². The lowest BCUT2D eigenvalue weighted by Crippen LogP contribution is -2.40. The third kappa shape index (κ3) is 1.90. The SMILES string of the molecule is CC(=O)N1CC2CC(C)N(c3nccn4nc(C)cc34)C2C1. The number of carbonyl (C=O) groups is 1. The Morgan fingerprint density at radius 1 is 1.36 bits per heavy atom. The van der Waals surface area contributed by atoms with E-state index < -0.39 is 0 Å². The molecule has 22 heavy (non-hydrogen) atoms. The maximum atomic E-state index is 11.7. The van der Waals surface area contributed by atoms with Crippen molar-refractivity contribution in [2.45, 2.75) is 39.3 Å². The maximum Gasteiger partial charge on any atom is 0.219 e. The Bertz CT molecular complexity index is 739. The highest BCUT2D eigenvalue weighted by molar-refractivity contribution is 5.75. The first-order valence-electron chi connectivity index (χ1n) is 7.89. The molecule has 6 heteroatoms. The zero-order chi connectivity index (χ0) is 15.4. The van der Waals surface area contributed by atoms with Crippen molar-refractivity contribution in [3.05, 3.63) is 24.2 Å². The zero-order valence-electron chi connectivity index (χ0n) is 13.2. The number of nitrogens with zero attached hydrogens (tertiary/aromatic N) is 5. The highest BCUT2D eigenvalue weighted by atomic mass is 16.2. The van der Waals surface area contributed by atoms with Crippen molar-refractivity contribution in [3.8, 4) is 0 Å². The molecular weight excluding hydrogens is 278 g/mol. The molecular formula is C16H21N5O. The van der Waals surface area contributed by atoms with Gasteiger partial charge in [0.2, 0.25) is 5.91 Å². The fraction of sp³-hybridized carbons (Fsp3) is 0.562. The van der Waals surface area contributed by atoms with Gasteiger partial charge in [-0.15, -0.1) is 0 Å². The monoisotopic (exact) mass is 299 g/mol. The number of anilines is 1. The van der Waals surface area contributed by atoms with Crippen LogP contribution in [0.25, 0.3) is 5.52 Å². The summed E-state index contributed by atoms with van der Waals surface area (Å²) in [6.45, 7) is 7.60. The van der Waals surface area contributed by atoms with Crippen LogP contribution in [0.2, 0.25) is 0 Å². The third-order valence-corrected chi connectivity index (χ3v) is 5.06. The molecule has 1 amide bonds. The number of fused-ring (bicyclic) bond motifs is 2. The predicted octanol–water partition coefficient (Wildman–Crippen LogP) is 1.48. The normalized spacial score (nSPS) is 27.7. The van der Waals surface area contributed by atoms with Crippen molar-refractivity contribution in [1.82, 2.24) is 19.5 Å². The predicted molar refractivity (Wildman–Crippen MR) is 83.8 cm³/mol. The first-order valence-corrected chi connectivity index (χ1v) is 7.89. The first-order chi connectivity index (χ1) is 10.5. The van der Waals surface area contributed by atoms with Gasteiger partial charge < -0.3 is 9.80 Å². The smallest absolute Gasteiger partial charge is 0.219 e. The fourth-order valence-corrected chi connectivity index (χ4v) is 4.13. The van der Waals surface area contributed by atoms with Gasteiger partial charge in [0.1, 0.15) is 5.52 Å². The van der Waals surface area contributed by atoms with Crippen molar-refractivity contribution in [2.75, 3.05) is 18.0 Å².